The molecular formula is C29H25BrN2O5S. The third-order valence-corrected chi connectivity index (χ3v) is 7.56. The molecule has 1 aliphatic heterocycles. The lowest BCUT2D eigenvalue weighted by Crippen LogP contribution is -2.39. The fourth-order valence-electron chi connectivity index (χ4n) is 4.35. The molecule has 2 aromatic heterocycles. The Balaban J connectivity index is 1.61. The predicted molar refractivity (Wildman–Crippen MR) is 150 cm³/mol. The summed E-state index contributed by atoms with van der Waals surface area (Å²) in [4.78, 5) is 31.9. The number of carbonyl (C=O) groups is 1. The van der Waals surface area contributed by atoms with Gasteiger partial charge in [0, 0.05) is 16.1 Å². The van der Waals surface area contributed by atoms with E-state index in [1.165, 1.54) is 11.3 Å². The SMILES string of the molecule is CCOC(=O)C1=C(C)N=c2sc(=Cc3ccc(-c4ccc(Br)cc4)o3)c(=O)n2C1c1ccc(OCC)cc1. The Morgan fingerprint density at radius 3 is 2.50 bits per heavy atom. The van der Waals surface area contributed by atoms with Gasteiger partial charge < -0.3 is 13.9 Å². The Morgan fingerprint density at radius 2 is 1.82 bits per heavy atom. The first-order valence-electron chi connectivity index (χ1n) is 12.2. The molecule has 0 aliphatic carbocycles. The summed E-state index contributed by atoms with van der Waals surface area (Å²) in [5.41, 5.74) is 2.29. The zero-order chi connectivity index (χ0) is 26.8. The number of ether oxygens (including phenoxy) is 2. The van der Waals surface area contributed by atoms with Crippen LogP contribution in [0.4, 0.5) is 0 Å². The molecule has 5 rings (SSSR count). The van der Waals surface area contributed by atoms with Crippen LogP contribution in [0.3, 0.4) is 0 Å². The Labute approximate surface area is 231 Å². The van der Waals surface area contributed by atoms with Gasteiger partial charge in [-0.25, -0.2) is 9.79 Å². The van der Waals surface area contributed by atoms with E-state index in [4.69, 9.17) is 13.9 Å². The lowest BCUT2D eigenvalue weighted by molar-refractivity contribution is -0.139. The standard InChI is InChI=1S/C29H25BrN2O5S/c1-4-35-21-12-8-19(9-13-21)26-25(28(34)36-5-2)17(3)31-29-32(26)27(33)24(38-29)16-22-14-15-23(37-22)18-6-10-20(30)11-7-18/h6-16,26H,4-5H2,1-3H3. The average Bonchev–Trinajstić information content (AvgIpc) is 3.49. The van der Waals surface area contributed by atoms with Crippen LogP contribution >= 0.6 is 27.3 Å². The lowest BCUT2D eigenvalue weighted by Gasteiger charge is -2.24. The first-order valence-corrected chi connectivity index (χ1v) is 13.8. The van der Waals surface area contributed by atoms with E-state index in [1.54, 1.807) is 24.5 Å². The fourth-order valence-corrected chi connectivity index (χ4v) is 5.64. The molecule has 1 aliphatic rings. The quantitative estimate of drug-likeness (QED) is 0.275. The second-order valence-corrected chi connectivity index (χ2v) is 10.4. The van der Waals surface area contributed by atoms with Crippen LogP contribution in [-0.4, -0.2) is 23.8 Å². The van der Waals surface area contributed by atoms with Crippen LogP contribution in [0.25, 0.3) is 17.4 Å². The molecule has 9 heteroatoms. The Bertz CT molecular complexity index is 1700. The summed E-state index contributed by atoms with van der Waals surface area (Å²) in [6, 6.07) is 18.2. The Morgan fingerprint density at radius 1 is 1.08 bits per heavy atom. The summed E-state index contributed by atoms with van der Waals surface area (Å²) in [5.74, 6) is 1.46. The average molecular weight is 593 g/mol. The molecule has 1 atom stereocenters. The van der Waals surface area contributed by atoms with Gasteiger partial charge >= 0.3 is 5.97 Å². The number of allylic oxidation sites excluding steroid dienone is 1. The van der Waals surface area contributed by atoms with Crippen molar-refractivity contribution in [2.75, 3.05) is 13.2 Å². The van der Waals surface area contributed by atoms with E-state index in [1.807, 2.05) is 67.6 Å². The number of halogens is 1. The third-order valence-electron chi connectivity index (χ3n) is 6.05. The van der Waals surface area contributed by atoms with Crippen molar-refractivity contribution in [2.45, 2.75) is 26.8 Å². The van der Waals surface area contributed by atoms with Crippen molar-refractivity contribution in [3.63, 3.8) is 0 Å². The molecule has 0 bridgehead atoms. The molecule has 2 aromatic carbocycles. The van der Waals surface area contributed by atoms with E-state index in [0.717, 1.165) is 15.6 Å². The van der Waals surface area contributed by atoms with Gasteiger partial charge in [-0.1, -0.05) is 51.5 Å². The van der Waals surface area contributed by atoms with Gasteiger partial charge in [0.25, 0.3) is 5.56 Å². The number of rotatable bonds is 7. The van der Waals surface area contributed by atoms with E-state index in [0.29, 0.717) is 44.5 Å². The van der Waals surface area contributed by atoms with Crippen LogP contribution < -0.4 is 19.6 Å². The minimum absolute atomic E-state index is 0.217. The van der Waals surface area contributed by atoms with E-state index in [9.17, 15) is 9.59 Å². The Hall–Kier alpha value is -3.69. The van der Waals surface area contributed by atoms with Gasteiger partial charge in [0.2, 0.25) is 0 Å². The number of esters is 1. The number of fused-ring (bicyclic) bond motifs is 1. The van der Waals surface area contributed by atoms with E-state index in [-0.39, 0.29) is 12.2 Å². The molecule has 38 heavy (non-hydrogen) atoms. The first kappa shape index (κ1) is 25.9. The maximum absolute atomic E-state index is 13.8. The third kappa shape index (κ3) is 5.04. The number of hydrogen-bond donors (Lipinski definition) is 0. The molecule has 0 radical (unpaired) electrons. The molecule has 0 saturated carbocycles. The van der Waals surface area contributed by atoms with Crippen molar-refractivity contribution in [2.24, 2.45) is 4.99 Å². The molecule has 3 heterocycles. The van der Waals surface area contributed by atoms with Gasteiger partial charge in [0.05, 0.1) is 35.1 Å². The topological polar surface area (TPSA) is 83.0 Å². The molecular weight excluding hydrogens is 568 g/mol. The number of thiazole rings is 1. The van der Waals surface area contributed by atoms with Gasteiger partial charge in [0.1, 0.15) is 17.3 Å². The van der Waals surface area contributed by atoms with E-state index < -0.39 is 12.0 Å². The van der Waals surface area contributed by atoms with Crippen molar-refractivity contribution in [1.29, 1.82) is 0 Å². The van der Waals surface area contributed by atoms with Crippen molar-refractivity contribution < 1.29 is 18.7 Å². The molecule has 4 aromatic rings. The van der Waals surface area contributed by atoms with E-state index in [2.05, 4.69) is 20.9 Å². The number of benzene rings is 2. The highest BCUT2D eigenvalue weighted by molar-refractivity contribution is 9.10. The molecule has 0 fully saturated rings. The highest BCUT2D eigenvalue weighted by Crippen LogP contribution is 2.32. The summed E-state index contributed by atoms with van der Waals surface area (Å²) in [6.45, 7) is 6.19. The number of furan rings is 1. The van der Waals surface area contributed by atoms with Crippen LogP contribution in [-0.2, 0) is 9.53 Å². The van der Waals surface area contributed by atoms with Crippen LogP contribution in [0.5, 0.6) is 5.75 Å². The van der Waals surface area contributed by atoms with Gasteiger partial charge in [-0.05, 0) is 62.7 Å². The molecule has 0 amide bonds. The molecule has 0 saturated heterocycles. The zero-order valence-electron chi connectivity index (χ0n) is 21.1. The van der Waals surface area contributed by atoms with E-state index >= 15 is 0 Å². The van der Waals surface area contributed by atoms with Gasteiger partial charge in [-0.2, -0.15) is 0 Å². The normalized spacial score (nSPS) is 15.3. The molecule has 194 valence electrons. The second kappa shape index (κ2) is 11.0. The smallest absolute Gasteiger partial charge is 0.338 e. The van der Waals surface area contributed by atoms with Crippen LogP contribution in [0.15, 0.2) is 90.6 Å². The minimum Gasteiger partial charge on any atom is -0.494 e. The molecule has 0 spiro atoms. The van der Waals surface area contributed by atoms with Gasteiger partial charge in [-0.3, -0.25) is 9.36 Å². The van der Waals surface area contributed by atoms with Crippen LogP contribution in [0.1, 0.15) is 38.1 Å². The van der Waals surface area contributed by atoms with Gasteiger partial charge in [-0.15, -0.1) is 0 Å². The summed E-state index contributed by atoms with van der Waals surface area (Å²) in [6.07, 6.45) is 1.71. The number of carbonyl (C=O) groups excluding carboxylic acids is 1. The minimum atomic E-state index is -0.682. The highest BCUT2D eigenvalue weighted by atomic mass is 79.9. The van der Waals surface area contributed by atoms with Gasteiger partial charge in [0.15, 0.2) is 4.80 Å². The number of nitrogens with zero attached hydrogens (tertiary/aromatic N) is 2. The predicted octanol–water partition coefficient (Wildman–Crippen LogP) is 5.22. The van der Waals surface area contributed by atoms with Crippen molar-refractivity contribution >= 4 is 39.3 Å². The van der Waals surface area contributed by atoms with Crippen LogP contribution in [0.2, 0.25) is 0 Å². The summed E-state index contributed by atoms with van der Waals surface area (Å²) in [5, 5.41) is 0. The molecule has 1 unspecified atom stereocenters. The summed E-state index contributed by atoms with van der Waals surface area (Å²) >= 11 is 4.70. The molecule has 0 N–H and O–H groups in total. The number of hydrogen-bond acceptors (Lipinski definition) is 7. The second-order valence-electron chi connectivity index (χ2n) is 8.51. The van der Waals surface area contributed by atoms with Crippen molar-refractivity contribution in [3.8, 4) is 17.1 Å². The zero-order valence-corrected chi connectivity index (χ0v) is 23.5. The summed E-state index contributed by atoms with van der Waals surface area (Å²) in [7, 11) is 0. The molecule has 7 nitrogen and oxygen atoms in total. The lowest BCUT2D eigenvalue weighted by atomic mass is 9.96. The highest BCUT2D eigenvalue weighted by Gasteiger charge is 2.33. The number of aromatic nitrogens is 1. The van der Waals surface area contributed by atoms with Crippen molar-refractivity contribution in [3.05, 3.63) is 107 Å². The maximum Gasteiger partial charge on any atom is 0.338 e. The fraction of sp³-hybridized carbons (Fsp3) is 0.207. The first-order chi connectivity index (χ1) is 18.4. The Kier molecular flexibility index (Phi) is 7.49. The summed E-state index contributed by atoms with van der Waals surface area (Å²) < 4.78 is 19.9. The van der Waals surface area contributed by atoms with Crippen molar-refractivity contribution in [1.82, 2.24) is 4.57 Å². The maximum atomic E-state index is 13.8. The van der Waals surface area contributed by atoms with Crippen LogP contribution in [0, 0.1) is 0 Å². The monoisotopic (exact) mass is 592 g/mol. The largest absolute Gasteiger partial charge is 0.494 e.